The SMILES string of the molecule is NCCC1CCCN(C(=O)Cn2ccnn2)C1. The van der Waals surface area contributed by atoms with Crippen molar-refractivity contribution in [3.63, 3.8) is 0 Å². The molecule has 0 aromatic carbocycles. The number of piperidine rings is 1. The summed E-state index contributed by atoms with van der Waals surface area (Å²) < 4.78 is 1.56. The van der Waals surface area contributed by atoms with Crippen molar-refractivity contribution in [2.45, 2.75) is 25.8 Å². The summed E-state index contributed by atoms with van der Waals surface area (Å²) in [6, 6.07) is 0. The molecule has 1 amide bonds. The molecular formula is C11H19N5O. The van der Waals surface area contributed by atoms with Gasteiger partial charge in [0.15, 0.2) is 0 Å². The molecule has 17 heavy (non-hydrogen) atoms. The smallest absolute Gasteiger partial charge is 0.244 e. The first-order valence-electron chi connectivity index (χ1n) is 6.11. The van der Waals surface area contributed by atoms with Crippen LogP contribution in [0, 0.1) is 5.92 Å². The number of rotatable bonds is 4. The Morgan fingerprint density at radius 2 is 2.41 bits per heavy atom. The first-order valence-corrected chi connectivity index (χ1v) is 6.11. The van der Waals surface area contributed by atoms with Gasteiger partial charge in [0.1, 0.15) is 6.54 Å². The molecule has 0 bridgehead atoms. The molecule has 1 unspecified atom stereocenters. The van der Waals surface area contributed by atoms with Crippen LogP contribution < -0.4 is 5.73 Å². The summed E-state index contributed by atoms with van der Waals surface area (Å²) in [7, 11) is 0. The van der Waals surface area contributed by atoms with E-state index in [0.29, 0.717) is 12.5 Å². The van der Waals surface area contributed by atoms with E-state index in [9.17, 15) is 4.79 Å². The summed E-state index contributed by atoms with van der Waals surface area (Å²) in [6.07, 6.45) is 6.56. The van der Waals surface area contributed by atoms with Crippen LogP contribution >= 0.6 is 0 Å². The zero-order chi connectivity index (χ0) is 12.1. The van der Waals surface area contributed by atoms with Crippen LogP contribution in [0.2, 0.25) is 0 Å². The molecule has 1 aliphatic heterocycles. The van der Waals surface area contributed by atoms with E-state index in [1.807, 2.05) is 4.90 Å². The molecule has 6 heteroatoms. The zero-order valence-corrected chi connectivity index (χ0v) is 9.96. The number of hydrogen-bond donors (Lipinski definition) is 1. The van der Waals surface area contributed by atoms with Gasteiger partial charge in [0.2, 0.25) is 5.91 Å². The Bertz CT molecular complexity index is 349. The Morgan fingerprint density at radius 1 is 1.53 bits per heavy atom. The fourth-order valence-corrected chi connectivity index (χ4v) is 2.32. The lowest BCUT2D eigenvalue weighted by Gasteiger charge is -2.32. The molecule has 1 aliphatic rings. The molecule has 2 rings (SSSR count). The molecular weight excluding hydrogens is 218 g/mol. The van der Waals surface area contributed by atoms with Crippen molar-refractivity contribution in [3.8, 4) is 0 Å². The van der Waals surface area contributed by atoms with Crippen LogP contribution in [0.3, 0.4) is 0 Å². The molecule has 1 fully saturated rings. The van der Waals surface area contributed by atoms with Gasteiger partial charge in [-0.3, -0.25) is 4.79 Å². The number of likely N-dealkylation sites (tertiary alicyclic amines) is 1. The highest BCUT2D eigenvalue weighted by Gasteiger charge is 2.23. The second kappa shape index (κ2) is 5.77. The van der Waals surface area contributed by atoms with E-state index in [1.54, 1.807) is 17.1 Å². The quantitative estimate of drug-likeness (QED) is 0.791. The van der Waals surface area contributed by atoms with Gasteiger partial charge in [-0.25, -0.2) is 4.68 Å². The normalized spacial score (nSPS) is 20.5. The maximum Gasteiger partial charge on any atom is 0.244 e. The minimum atomic E-state index is 0.122. The predicted molar refractivity (Wildman–Crippen MR) is 63.0 cm³/mol. The molecule has 1 aromatic rings. The minimum Gasteiger partial charge on any atom is -0.341 e. The van der Waals surface area contributed by atoms with Crippen LogP contribution in [0.15, 0.2) is 12.4 Å². The molecule has 2 heterocycles. The first kappa shape index (κ1) is 12.0. The van der Waals surface area contributed by atoms with Crippen molar-refractivity contribution < 1.29 is 4.79 Å². The number of amides is 1. The molecule has 2 N–H and O–H groups in total. The molecule has 1 saturated heterocycles. The maximum atomic E-state index is 12.0. The molecule has 1 atom stereocenters. The standard InChI is InChI=1S/C11H19N5O/c12-4-3-10-2-1-6-15(8-10)11(17)9-16-7-5-13-14-16/h5,7,10H,1-4,6,8-9,12H2. The van der Waals surface area contributed by atoms with Crippen LogP contribution in [-0.2, 0) is 11.3 Å². The van der Waals surface area contributed by atoms with Crippen molar-refractivity contribution in [1.29, 1.82) is 0 Å². The average Bonchev–Trinajstić information content (AvgIpc) is 2.83. The van der Waals surface area contributed by atoms with Crippen LogP contribution in [0.1, 0.15) is 19.3 Å². The van der Waals surface area contributed by atoms with E-state index < -0.39 is 0 Å². The van der Waals surface area contributed by atoms with Gasteiger partial charge in [-0.05, 0) is 31.7 Å². The third-order valence-electron chi connectivity index (χ3n) is 3.22. The molecule has 6 nitrogen and oxygen atoms in total. The Kier molecular flexibility index (Phi) is 4.08. The molecule has 0 spiro atoms. The second-order valence-corrected chi connectivity index (χ2v) is 4.53. The van der Waals surface area contributed by atoms with E-state index >= 15 is 0 Å². The minimum absolute atomic E-state index is 0.122. The van der Waals surface area contributed by atoms with Gasteiger partial charge in [0.05, 0.1) is 6.20 Å². The lowest BCUT2D eigenvalue weighted by molar-refractivity contribution is -0.133. The summed E-state index contributed by atoms with van der Waals surface area (Å²) in [4.78, 5) is 13.9. The Hall–Kier alpha value is -1.43. The van der Waals surface area contributed by atoms with Crippen molar-refractivity contribution >= 4 is 5.91 Å². The van der Waals surface area contributed by atoms with Crippen molar-refractivity contribution in [1.82, 2.24) is 19.9 Å². The van der Waals surface area contributed by atoms with Crippen molar-refractivity contribution in [3.05, 3.63) is 12.4 Å². The Balaban J connectivity index is 1.86. The van der Waals surface area contributed by atoms with Gasteiger partial charge in [0, 0.05) is 19.3 Å². The number of nitrogens with two attached hydrogens (primary N) is 1. The van der Waals surface area contributed by atoms with E-state index in [4.69, 9.17) is 5.73 Å². The monoisotopic (exact) mass is 237 g/mol. The highest BCUT2D eigenvalue weighted by atomic mass is 16.2. The fourth-order valence-electron chi connectivity index (χ4n) is 2.32. The molecule has 94 valence electrons. The van der Waals surface area contributed by atoms with Gasteiger partial charge in [0.25, 0.3) is 0 Å². The van der Waals surface area contributed by atoms with E-state index in [-0.39, 0.29) is 12.5 Å². The van der Waals surface area contributed by atoms with E-state index in [0.717, 1.165) is 25.9 Å². The average molecular weight is 237 g/mol. The lowest BCUT2D eigenvalue weighted by atomic mass is 9.95. The summed E-state index contributed by atoms with van der Waals surface area (Å²) in [5.41, 5.74) is 5.56. The summed E-state index contributed by atoms with van der Waals surface area (Å²) in [5.74, 6) is 0.686. The number of carbonyl (C=O) groups is 1. The maximum absolute atomic E-state index is 12.0. The summed E-state index contributed by atoms with van der Waals surface area (Å²) in [6.45, 7) is 2.68. The van der Waals surface area contributed by atoms with Crippen LogP contribution in [0.5, 0.6) is 0 Å². The third-order valence-corrected chi connectivity index (χ3v) is 3.22. The summed E-state index contributed by atoms with van der Waals surface area (Å²) in [5, 5.41) is 7.50. The first-order chi connectivity index (χ1) is 8.29. The van der Waals surface area contributed by atoms with Crippen molar-refractivity contribution in [2.75, 3.05) is 19.6 Å². The topological polar surface area (TPSA) is 77.0 Å². The number of aromatic nitrogens is 3. The van der Waals surface area contributed by atoms with Crippen LogP contribution in [0.25, 0.3) is 0 Å². The zero-order valence-electron chi connectivity index (χ0n) is 9.96. The lowest BCUT2D eigenvalue weighted by Crippen LogP contribution is -2.42. The summed E-state index contributed by atoms with van der Waals surface area (Å²) >= 11 is 0. The molecule has 0 radical (unpaired) electrons. The molecule has 0 aliphatic carbocycles. The number of carbonyl (C=O) groups excluding carboxylic acids is 1. The highest BCUT2D eigenvalue weighted by molar-refractivity contribution is 5.75. The van der Waals surface area contributed by atoms with Gasteiger partial charge in [-0.15, -0.1) is 5.10 Å². The van der Waals surface area contributed by atoms with Gasteiger partial charge >= 0.3 is 0 Å². The second-order valence-electron chi connectivity index (χ2n) is 4.53. The van der Waals surface area contributed by atoms with Crippen LogP contribution in [-0.4, -0.2) is 45.4 Å². The third kappa shape index (κ3) is 3.26. The Labute approximate surface area is 101 Å². The van der Waals surface area contributed by atoms with Gasteiger partial charge in [-0.2, -0.15) is 0 Å². The Morgan fingerprint density at radius 3 is 3.12 bits per heavy atom. The number of hydrogen-bond acceptors (Lipinski definition) is 4. The fraction of sp³-hybridized carbons (Fsp3) is 0.727. The largest absolute Gasteiger partial charge is 0.341 e. The highest BCUT2D eigenvalue weighted by Crippen LogP contribution is 2.19. The van der Waals surface area contributed by atoms with Gasteiger partial charge < -0.3 is 10.6 Å². The number of nitrogens with zero attached hydrogens (tertiary/aromatic N) is 4. The van der Waals surface area contributed by atoms with E-state index in [2.05, 4.69) is 10.3 Å². The molecule has 0 saturated carbocycles. The van der Waals surface area contributed by atoms with Gasteiger partial charge in [-0.1, -0.05) is 5.21 Å². The van der Waals surface area contributed by atoms with Crippen LogP contribution in [0.4, 0.5) is 0 Å². The molecule has 1 aromatic heterocycles. The van der Waals surface area contributed by atoms with Crippen molar-refractivity contribution in [2.24, 2.45) is 11.7 Å². The predicted octanol–water partition coefficient (Wildman–Crippen LogP) is -0.135. The van der Waals surface area contributed by atoms with E-state index in [1.165, 1.54) is 6.42 Å².